The molecule has 1 aromatic carbocycles. The summed E-state index contributed by atoms with van der Waals surface area (Å²) in [5.74, 6) is -4.06. The van der Waals surface area contributed by atoms with Gasteiger partial charge in [0.15, 0.2) is 22.6 Å². The molecule has 0 aliphatic carbocycles. The van der Waals surface area contributed by atoms with Gasteiger partial charge in [0.2, 0.25) is 0 Å². The lowest BCUT2D eigenvalue weighted by Crippen LogP contribution is -2.30. The zero-order valence-corrected chi connectivity index (χ0v) is 10.5. The number of anilines is 1. The van der Waals surface area contributed by atoms with Crippen molar-refractivity contribution in [3.63, 3.8) is 0 Å². The minimum atomic E-state index is -1.53. The zero-order chi connectivity index (χ0) is 13.5. The normalized spacial score (nSPS) is 10.2. The van der Waals surface area contributed by atoms with E-state index in [9.17, 15) is 13.2 Å². The van der Waals surface area contributed by atoms with E-state index in [2.05, 4.69) is 10.6 Å². The van der Waals surface area contributed by atoms with Crippen molar-refractivity contribution < 1.29 is 17.9 Å². The minimum absolute atomic E-state index is 0.135. The van der Waals surface area contributed by atoms with Crippen molar-refractivity contribution in [2.24, 2.45) is 0 Å². The topological polar surface area (TPSA) is 33.3 Å². The van der Waals surface area contributed by atoms with Crippen LogP contribution in [0.25, 0.3) is 0 Å². The maximum absolute atomic E-state index is 13.3. The van der Waals surface area contributed by atoms with Gasteiger partial charge >= 0.3 is 0 Å². The Labute approximate surface area is 108 Å². The molecule has 2 N–H and O–H groups in total. The molecule has 0 radical (unpaired) electrons. The lowest BCUT2D eigenvalue weighted by molar-refractivity contribution is 0.196. The highest BCUT2D eigenvalue weighted by Gasteiger charge is 2.13. The number of thiocarbonyl (C=S) groups is 1. The zero-order valence-electron chi connectivity index (χ0n) is 9.73. The van der Waals surface area contributed by atoms with E-state index >= 15 is 0 Å². The van der Waals surface area contributed by atoms with Crippen LogP contribution in [0.4, 0.5) is 18.9 Å². The number of methoxy groups -OCH3 is 1. The molecule has 1 rings (SSSR count). The third-order valence-corrected chi connectivity index (χ3v) is 2.34. The fourth-order valence-corrected chi connectivity index (χ4v) is 1.42. The van der Waals surface area contributed by atoms with Gasteiger partial charge in [-0.2, -0.15) is 0 Å². The van der Waals surface area contributed by atoms with Crippen LogP contribution in [0.3, 0.4) is 0 Å². The first-order valence-electron chi connectivity index (χ1n) is 5.23. The fraction of sp³-hybridized carbons (Fsp3) is 0.364. The van der Waals surface area contributed by atoms with Crippen molar-refractivity contribution in [2.75, 3.05) is 25.6 Å². The Morgan fingerprint density at radius 1 is 1.28 bits per heavy atom. The van der Waals surface area contributed by atoms with E-state index in [0.29, 0.717) is 13.2 Å². The lowest BCUT2D eigenvalue weighted by atomic mass is 10.3. The van der Waals surface area contributed by atoms with E-state index in [1.165, 1.54) is 0 Å². The molecule has 0 unspecified atom stereocenters. The second kappa shape index (κ2) is 7.17. The minimum Gasteiger partial charge on any atom is -0.385 e. The molecule has 3 nitrogen and oxygen atoms in total. The van der Waals surface area contributed by atoms with Crippen LogP contribution >= 0.6 is 12.2 Å². The van der Waals surface area contributed by atoms with E-state index in [-0.39, 0.29) is 10.8 Å². The highest BCUT2D eigenvalue weighted by molar-refractivity contribution is 7.80. The first kappa shape index (κ1) is 14.7. The average Bonchev–Trinajstić information content (AvgIpc) is 2.35. The number of nitrogens with one attached hydrogen (secondary N) is 2. The molecule has 0 aliphatic rings. The van der Waals surface area contributed by atoms with Gasteiger partial charge in [0.1, 0.15) is 0 Å². The van der Waals surface area contributed by atoms with Crippen molar-refractivity contribution >= 4 is 23.0 Å². The Hall–Kier alpha value is -1.34. The molecule has 0 bridgehead atoms. The maximum atomic E-state index is 13.3. The molecule has 18 heavy (non-hydrogen) atoms. The van der Waals surface area contributed by atoms with Crippen LogP contribution in [0, 0.1) is 17.5 Å². The first-order chi connectivity index (χ1) is 8.56. The van der Waals surface area contributed by atoms with E-state index in [1.54, 1.807) is 7.11 Å². The van der Waals surface area contributed by atoms with Crippen LogP contribution in [0.1, 0.15) is 6.42 Å². The summed E-state index contributed by atoms with van der Waals surface area (Å²) in [6, 6.07) is 1.91. The number of halogens is 3. The van der Waals surface area contributed by atoms with Gasteiger partial charge in [-0.15, -0.1) is 0 Å². The molecule has 0 spiro atoms. The van der Waals surface area contributed by atoms with Crippen LogP contribution in [0.2, 0.25) is 0 Å². The summed E-state index contributed by atoms with van der Waals surface area (Å²) in [4.78, 5) is 0. The van der Waals surface area contributed by atoms with Gasteiger partial charge in [-0.3, -0.25) is 0 Å². The predicted octanol–water partition coefficient (Wildman–Crippen LogP) is 2.43. The second-order valence-electron chi connectivity index (χ2n) is 3.45. The molecule has 100 valence electrons. The summed E-state index contributed by atoms with van der Waals surface area (Å²) in [6.45, 7) is 1.10. The highest BCUT2D eigenvalue weighted by atomic mass is 32.1. The van der Waals surface area contributed by atoms with Gasteiger partial charge in [0.25, 0.3) is 0 Å². The van der Waals surface area contributed by atoms with Crippen LogP contribution in [-0.2, 0) is 4.74 Å². The largest absolute Gasteiger partial charge is 0.385 e. The lowest BCUT2D eigenvalue weighted by Gasteiger charge is -2.11. The number of hydrogen-bond acceptors (Lipinski definition) is 2. The van der Waals surface area contributed by atoms with Gasteiger partial charge in [-0.1, -0.05) is 0 Å². The van der Waals surface area contributed by atoms with Gasteiger partial charge in [0, 0.05) is 20.3 Å². The van der Waals surface area contributed by atoms with Crippen molar-refractivity contribution in [3.8, 4) is 0 Å². The number of hydrogen-bond donors (Lipinski definition) is 2. The van der Waals surface area contributed by atoms with Gasteiger partial charge < -0.3 is 15.4 Å². The smallest absolute Gasteiger partial charge is 0.196 e. The van der Waals surface area contributed by atoms with Crippen LogP contribution in [0.15, 0.2) is 12.1 Å². The van der Waals surface area contributed by atoms with Gasteiger partial charge in [0.05, 0.1) is 5.69 Å². The molecule has 0 amide bonds. The van der Waals surface area contributed by atoms with Crippen molar-refractivity contribution in [1.29, 1.82) is 0 Å². The van der Waals surface area contributed by atoms with Crippen molar-refractivity contribution in [3.05, 3.63) is 29.6 Å². The van der Waals surface area contributed by atoms with E-state index in [1.807, 2.05) is 0 Å². The Morgan fingerprint density at radius 3 is 2.67 bits per heavy atom. The average molecular weight is 278 g/mol. The maximum Gasteiger partial charge on any atom is 0.196 e. The molecule has 0 aliphatic heterocycles. The summed E-state index contributed by atoms with van der Waals surface area (Å²) in [7, 11) is 1.58. The molecule has 0 atom stereocenters. The monoisotopic (exact) mass is 278 g/mol. The fourth-order valence-electron chi connectivity index (χ4n) is 1.21. The molecule has 0 heterocycles. The van der Waals surface area contributed by atoms with Gasteiger partial charge in [-0.05, 0) is 30.8 Å². The van der Waals surface area contributed by atoms with Crippen LogP contribution < -0.4 is 10.6 Å². The Morgan fingerprint density at radius 2 is 2.00 bits per heavy atom. The Kier molecular flexibility index (Phi) is 5.87. The number of benzene rings is 1. The molecule has 0 fully saturated rings. The van der Waals surface area contributed by atoms with Crippen LogP contribution in [-0.4, -0.2) is 25.4 Å². The van der Waals surface area contributed by atoms with Gasteiger partial charge in [-0.25, -0.2) is 13.2 Å². The van der Waals surface area contributed by atoms with E-state index in [4.69, 9.17) is 17.0 Å². The third kappa shape index (κ3) is 4.15. The van der Waals surface area contributed by atoms with Crippen molar-refractivity contribution in [1.82, 2.24) is 5.32 Å². The summed E-state index contributed by atoms with van der Waals surface area (Å²) in [5.41, 5.74) is -0.210. The third-order valence-electron chi connectivity index (χ3n) is 2.09. The molecular weight excluding hydrogens is 265 g/mol. The standard InChI is InChI=1S/C11H13F3N2OS/c1-17-6-2-5-15-11(18)16-8-4-3-7(12)9(13)10(8)14/h3-4H,2,5-6H2,1H3,(H2,15,16,18). The van der Waals surface area contributed by atoms with Crippen molar-refractivity contribution in [2.45, 2.75) is 6.42 Å². The van der Waals surface area contributed by atoms with Crippen LogP contribution in [0.5, 0.6) is 0 Å². The first-order valence-corrected chi connectivity index (χ1v) is 5.64. The Bertz CT molecular complexity index is 429. The SMILES string of the molecule is COCCCNC(=S)Nc1ccc(F)c(F)c1F. The molecule has 0 aromatic heterocycles. The number of rotatable bonds is 5. The summed E-state index contributed by atoms with van der Waals surface area (Å²) in [6.07, 6.45) is 0.721. The predicted molar refractivity (Wildman–Crippen MR) is 67.0 cm³/mol. The second-order valence-corrected chi connectivity index (χ2v) is 3.86. The number of ether oxygens (including phenoxy) is 1. The molecule has 0 saturated heterocycles. The Balaban J connectivity index is 2.52. The van der Waals surface area contributed by atoms with E-state index in [0.717, 1.165) is 18.6 Å². The van der Waals surface area contributed by atoms with E-state index < -0.39 is 17.5 Å². The molecular formula is C11H13F3N2OS. The summed E-state index contributed by atoms with van der Waals surface area (Å²) in [5, 5.41) is 5.37. The quantitative estimate of drug-likeness (QED) is 0.492. The molecule has 7 heteroatoms. The highest BCUT2D eigenvalue weighted by Crippen LogP contribution is 2.19. The molecule has 1 aromatic rings. The molecule has 0 saturated carbocycles. The summed E-state index contributed by atoms with van der Waals surface area (Å²) >= 11 is 4.88. The summed E-state index contributed by atoms with van der Waals surface area (Å²) < 4.78 is 43.7.